The Kier molecular flexibility index (Phi) is 25.0. The predicted molar refractivity (Wildman–Crippen MR) is 134 cm³/mol. The standard InChI is InChI=1S/C17H28O6.C8H18O5/c1-11(2)16(18)22-9-14(6)20-8-13(5)21-10-15(7)23-17(19)12(3)4;9-1-3-11-5-7-13-8-6-12-4-2-10/h13-15H,1,3,8-10H2,2,4-7H3;9-10H,1-8H2. The number of carbonyl (C=O) groups excluding carboxylic acids is 2. The SMILES string of the molecule is C=C(C)C(=O)OCC(C)OCC(C)OCC(C)OC(=O)C(=C)C.OCCOCCOCCOCCO. The number of aliphatic hydroxyl groups excluding tert-OH is 2. The van der Waals surface area contributed by atoms with Crippen molar-refractivity contribution in [1.82, 2.24) is 0 Å². The minimum Gasteiger partial charge on any atom is -0.460 e. The van der Waals surface area contributed by atoms with Crippen molar-refractivity contribution < 1.29 is 53.0 Å². The maximum absolute atomic E-state index is 11.3. The van der Waals surface area contributed by atoms with Crippen LogP contribution in [0, 0.1) is 0 Å². The van der Waals surface area contributed by atoms with Crippen molar-refractivity contribution in [3.63, 3.8) is 0 Å². The van der Waals surface area contributed by atoms with Gasteiger partial charge in [0.1, 0.15) is 12.7 Å². The van der Waals surface area contributed by atoms with Gasteiger partial charge in [-0.25, -0.2) is 9.59 Å². The molecule has 0 saturated heterocycles. The highest BCUT2D eigenvalue weighted by molar-refractivity contribution is 5.87. The molecular weight excluding hydrogens is 476 g/mol. The lowest BCUT2D eigenvalue weighted by molar-refractivity contribution is -0.149. The molecule has 0 saturated carbocycles. The van der Waals surface area contributed by atoms with Gasteiger partial charge in [-0.2, -0.15) is 0 Å². The van der Waals surface area contributed by atoms with E-state index in [0.717, 1.165) is 0 Å². The molecule has 3 atom stereocenters. The summed E-state index contributed by atoms with van der Waals surface area (Å²) in [6, 6.07) is 0. The first kappa shape index (κ1) is 36.3. The van der Waals surface area contributed by atoms with Crippen molar-refractivity contribution in [3.05, 3.63) is 24.3 Å². The van der Waals surface area contributed by atoms with Gasteiger partial charge >= 0.3 is 11.9 Å². The Morgan fingerprint density at radius 3 is 1.44 bits per heavy atom. The van der Waals surface area contributed by atoms with Crippen LogP contribution in [0.3, 0.4) is 0 Å². The van der Waals surface area contributed by atoms with Crippen LogP contribution < -0.4 is 0 Å². The largest absolute Gasteiger partial charge is 0.460 e. The van der Waals surface area contributed by atoms with Crippen LogP contribution in [0.4, 0.5) is 0 Å². The van der Waals surface area contributed by atoms with Crippen LogP contribution in [0.1, 0.15) is 34.6 Å². The zero-order valence-electron chi connectivity index (χ0n) is 22.5. The second kappa shape index (κ2) is 24.8. The van der Waals surface area contributed by atoms with Gasteiger partial charge in [0.15, 0.2) is 0 Å². The topological polar surface area (TPSA) is 139 Å². The molecule has 0 aromatic heterocycles. The third-order valence-electron chi connectivity index (χ3n) is 3.90. The number of hydrogen-bond donors (Lipinski definition) is 2. The quantitative estimate of drug-likeness (QED) is 0.129. The van der Waals surface area contributed by atoms with Crippen molar-refractivity contribution in [2.24, 2.45) is 0 Å². The molecule has 0 aliphatic heterocycles. The molecule has 0 bridgehead atoms. The van der Waals surface area contributed by atoms with Gasteiger partial charge in [0, 0.05) is 11.1 Å². The van der Waals surface area contributed by atoms with Crippen LogP contribution in [-0.4, -0.2) is 113 Å². The van der Waals surface area contributed by atoms with Gasteiger partial charge in [0.05, 0.1) is 78.3 Å². The smallest absolute Gasteiger partial charge is 0.333 e. The van der Waals surface area contributed by atoms with Gasteiger partial charge in [-0.1, -0.05) is 13.2 Å². The fourth-order valence-corrected chi connectivity index (χ4v) is 2.00. The van der Waals surface area contributed by atoms with E-state index in [1.165, 1.54) is 0 Å². The Morgan fingerprint density at radius 2 is 1.03 bits per heavy atom. The molecular formula is C25H46O11. The average molecular weight is 523 g/mol. The normalized spacial score (nSPS) is 13.1. The third kappa shape index (κ3) is 25.2. The number of hydrogen-bond acceptors (Lipinski definition) is 11. The van der Waals surface area contributed by atoms with Crippen LogP contribution >= 0.6 is 0 Å². The van der Waals surface area contributed by atoms with E-state index >= 15 is 0 Å². The summed E-state index contributed by atoms with van der Waals surface area (Å²) in [5, 5.41) is 16.7. The van der Waals surface area contributed by atoms with Crippen LogP contribution in [0.25, 0.3) is 0 Å². The van der Waals surface area contributed by atoms with Gasteiger partial charge in [-0.3, -0.25) is 0 Å². The molecule has 0 aromatic carbocycles. The summed E-state index contributed by atoms with van der Waals surface area (Å²) in [5.41, 5.74) is 0.707. The minimum atomic E-state index is -0.432. The zero-order chi connectivity index (χ0) is 27.8. The second-order valence-corrected chi connectivity index (χ2v) is 7.95. The van der Waals surface area contributed by atoms with Gasteiger partial charge in [-0.05, 0) is 34.6 Å². The molecule has 0 spiro atoms. The lowest BCUT2D eigenvalue weighted by atomic mass is 10.3. The number of esters is 2. The van der Waals surface area contributed by atoms with E-state index < -0.39 is 11.9 Å². The Balaban J connectivity index is 0. The molecule has 0 aromatic rings. The molecule has 212 valence electrons. The van der Waals surface area contributed by atoms with E-state index in [4.69, 9.17) is 43.4 Å². The van der Waals surface area contributed by atoms with E-state index in [1.807, 2.05) is 6.92 Å². The highest BCUT2D eigenvalue weighted by Gasteiger charge is 2.14. The van der Waals surface area contributed by atoms with Crippen molar-refractivity contribution in [3.8, 4) is 0 Å². The molecule has 0 fully saturated rings. The second-order valence-electron chi connectivity index (χ2n) is 7.95. The number of aliphatic hydroxyl groups is 2. The van der Waals surface area contributed by atoms with E-state index in [-0.39, 0.29) is 44.7 Å². The van der Waals surface area contributed by atoms with Crippen LogP contribution in [0.5, 0.6) is 0 Å². The van der Waals surface area contributed by atoms with Crippen molar-refractivity contribution in [2.75, 3.05) is 72.7 Å². The molecule has 0 aliphatic rings. The van der Waals surface area contributed by atoms with Crippen LogP contribution in [0.15, 0.2) is 24.3 Å². The summed E-state index contributed by atoms with van der Waals surface area (Å²) in [5.74, 6) is -0.865. The number of carbonyl (C=O) groups is 2. The fraction of sp³-hybridized carbons (Fsp3) is 0.760. The summed E-state index contributed by atoms with van der Waals surface area (Å²) < 4.78 is 36.2. The summed E-state index contributed by atoms with van der Waals surface area (Å²) in [6.07, 6.45) is -0.793. The summed E-state index contributed by atoms with van der Waals surface area (Å²) >= 11 is 0. The Hall–Kier alpha value is -1.86. The molecule has 3 unspecified atom stereocenters. The molecule has 0 rings (SSSR count). The van der Waals surface area contributed by atoms with Crippen molar-refractivity contribution >= 4 is 11.9 Å². The summed E-state index contributed by atoms with van der Waals surface area (Å²) in [7, 11) is 0. The van der Waals surface area contributed by atoms with Gasteiger partial charge in [0.2, 0.25) is 0 Å². The number of ether oxygens (including phenoxy) is 7. The predicted octanol–water partition coefficient (Wildman–Crippen LogP) is 1.44. The Morgan fingerprint density at radius 1 is 0.639 bits per heavy atom. The molecule has 36 heavy (non-hydrogen) atoms. The molecule has 11 nitrogen and oxygen atoms in total. The van der Waals surface area contributed by atoms with E-state index in [2.05, 4.69) is 13.2 Å². The van der Waals surface area contributed by atoms with E-state index in [9.17, 15) is 9.59 Å². The van der Waals surface area contributed by atoms with Gasteiger partial charge < -0.3 is 43.4 Å². The first-order valence-corrected chi connectivity index (χ1v) is 11.9. The molecule has 0 aliphatic carbocycles. The monoisotopic (exact) mass is 522 g/mol. The molecule has 0 amide bonds. The zero-order valence-corrected chi connectivity index (χ0v) is 22.5. The molecule has 0 heterocycles. The third-order valence-corrected chi connectivity index (χ3v) is 3.90. The first-order valence-electron chi connectivity index (χ1n) is 11.9. The lowest BCUT2D eigenvalue weighted by Gasteiger charge is -2.20. The average Bonchev–Trinajstić information content (AvgIpc) is 2.83. The minimum absolute atomic E-state index is 0.0413. The summed E-state index contributed by atoms with van der Waals surface area (Å²) in [4.78, 5) is 22.6. The van der Waals surface area contributed by atoms with Crippen LogP contribution in [-0.2, 0) is 42.7 Å². The maximum atomic E-state index is 11.3. The molecule has 0 radical (unpaired) electrons. The van der Waals surface area contributed by atoms with Gasteiger partial charge in [0.25, 0.3) is 0 Å². The highest BCUT2D eigenvalue weighted by Crippen LogP contribution is 2.03. The van der Waals surface area contributed by atoms with E-state index in [0.29, 0.717) is 57.4 Å². The molecule has 11 heteroatoms. The van der Waals surface area contributed by atoms with Gasteiger partial charge in [-0.15, -0.1) is 0 Å². The van der Waals surface area contributed by atoms with Crippen molar-refractivity contribution in [2.45, 2.75) is 52.9 Å². The fourth-order valence-electron chi connectivity index (χ4n) is 2.00. The highest BCUT2D eigenvalue weighted by atomic mass is 16.6. The van der Waals surface area contributed by atoms with Crippen molar-refractivity contribution in [1.29, 1.82) is 0 Å². The molecule has 2 N–H and O–H groups in total. The van der Waals surface area contributed by atoms with E-state index in [1.54, 1.807) is 27.7 Å². The first-order chi connectivity index (χ1) is 17.0. The lowest BCUT2D eigenvalue weighted by Crippen LogP contribution is -2.28. The maximum Gasteiger partial charge on any atom is 0.333 e. The Bertz CT molecular complexity index is 585. The summed E-state index contributed by atoms with van der Waals surface area (Å²) in [6.45, 7) is 19.1. The Labute approximate surface area is 215 Å². The van der Waals surface area contributed by atoms with Crippen LogP contribution in [0.2, 0.25) is 0 Å². The number of rotatable bonds is 21.